The molecule has 1 aromatic heterocycles. The second kappa shape index (κ2) is 8.68. The Bertz CT molecular complexity index is 861. The Morgan fingerprint density at radius 2 is 2.15 bits per heavy atom. The molecule has 0 spiro atoms. The molecule has 1 N–H and O–H groups in total. The maximum absolute atomic E-state index is 12.4. The lowest BCUT2D eigenvalue weighted by Gasteiger charge is -2.09. The smallest absolute Gasteiger partial charge is 0.249 e. The van der Waals surface area contributed by atoms with Crippen LogP contribution in [0.25, 0.3) is 6.08 Å². The minimum Gasteiger partial charge on any atom is -0.493 e. The summed E-state index contributed by atoms with van der Waals surface area (Å²) in [4.78, 5) is 13.6. The first-order chi connectivity index (χ1) is 12.7. The number of ether oxygens (including phenoxy) is 1. The zero-order chi connectivity index (χ0) is 18.4. The highest BCUT2D eigenvalue weighted by Gasteiger charge is 2.21. The second-order valence-electron chi connectivity index (χ2n) is 6.24. The van der Waals surface area contributed by atoms with E-state index in [1.165, 1.54) is 22.3 Å². The van der Waals surface area contributed by atoms with Crippen molar-refractivity contribution in [1.29, 1.82) is 5.26 Å². The van der Waals surface area contributed by atoms with Gasteiger partial charge in [0.2, 0.25) is 5.91 Å². The molecule has 1 aliphatic rings. The molecule has 1 aliphatic carbocycles. The van der Waals surface area contributed by atoms with E-state index >= 15 is 0 Å². The lowest BCUT2D eigenvalue weighted by atomic mass is 9.96. The third-order valence-electron chi connectivity index (χ3n) is 4.31. The minimum atomic E-state index is -0.231. The quantitative estimate of drug-likeness (QED) is 0.737. The van der Waals surface area contributed by atoms with Crippen molar-refractivity contribution in [2.45, 2.75) is 39.0 Å². The van der Waals surface area contributed by atoms with Gasteiger partial charge in [-0.2, -0.15) is 5.26 Å². The molecule has 3 rings (SSSR count). The third-order valence-corrected chi connectivity index (χ3v) is 5.52. The van der Waals surface area contributed by atoms with Crippen LogP contribution in [0.5, 0.6) is 5.75 Å². The number of amides is 1. The summed E-state index contributed by atoms with van der Waals surface area (Å²) in [5, 5.41) is 13.0. The van der Waals surface area contributed by atoms with Gasteiger partial charge < -0.3 is 10.1 Å². The molecule has 1 heterocycles. The van der Waals surface area contributed by atoms with Gasteiger partial charge in [0.25, 0.3) is 0 Å². The van der Waals surface area contributed by atoms with Gasteiger partial charge in [0, 0.05) is 16.5 Å². The van der Waals surface area contributed by atoms with Crippen LogP contribution in [0, 0.1) is 11.3 Å². The zero-order valence-electron chi connectivity index (χ0n) is 14.9. The number of anilines is 1. The lowest BCUT2D eigenvalue weighted by molar-refractivity contribution is -0.111. The normalized spacial score (nSPS) is 13.2. The summed E-state index contributed by atoms with van der Waals surface area (Å²) in [5.74, 6) is 0.535. The average molecular weight is 366 g/mol. The molecule has 134 valence electrons. The molecule has 4 nitrogen and oxygen atoms in total. The maximum atomic E-state index is 12.4. The first-order valence-electron chi connectivity index (χ1n) is 8.98. The summed E-state index contributed by atoms with van der Waals surface area (Å²) in [6, 6.07) is 9.91. The van der Waals surface area contributed by atoms with Crippen molar-refractivity contribution in [3.8, 4) is 11.8 Å². The predicted octanol–water partition coefficient (Wildman–Crippen LogP) is 4.94. The Kier molecular flexibility index (Phi) is 6.08. The molecule has 1 aromatic carbocycles. The number of fused-ring (bicyclic) bond motifs is 1. The van der Waals surface area contributed by atoms with Crippen molar-refractivity contribution in [3.05, 3.63) is 51.9 Å². The third kappa shape index (κ3) is 4.14. The molecule has 0 atom stereocenters. The molecule has 5 heteroatoms. The number of carbonyl (C=O) groups excluding carboxylic acids is 1. The van der Waals surface area contributed by atoms with Crippen LogP contribution in [-0.4, -0.2) is 12.5 Å². The number of nitrogens with one attached hydrogen (secondary N) is 1. The molecule has 0 saturated heterocycles. The predicted molar refractivity (Wildman–Crippen MR) is 106 cm³/mol. The van der Waals surface area contributed by atoms with Gasteiger partial charge in [0.15, 0.2) is 0 Å². The van der Waals surface area contributed by atoms with Crippen molar-refractivity contribution in [1.82, 2.24) is 0 Å². The molecule has 2 aromatic rings. The lowest BCUT2D eigenvalue weighted by Crippen LogP contribution is -2.08. The summed E-state index contributed by atoms with van der Waals surface area (Å²) in [6.07, 6.45) is 8.37. The molecule has 0 aliphatic heterocycles. The van der Waals surface area contributed by atoms with E-state index in [-0.39, 0.29) is 5.91 Å². The highest BCUT2D eigenvalue weighted by Crippen LogP contribution is 2.37. The van der Waals surface area contributed by atoms with Gasteiger partial charge in [-0.1, -0.05) is 25.1 Å². The number of carbonyl (C=O) groups is 1. The summed E-state index contributed by atoms with van der Waals surface area (Å²) in [6.45, 7) is 2.70. The summed E-state index contributed by atoms with van der Waals surface area (Å²) in [5.41, 5.74) is 2.63. The molecular weight excluding hydrogens is 344 g/mol. The van der Waals surface area contributed by atoms with E-state index in [0.717, 1.165) is 49.0 Å². The number of nitrogens with zero attached hydrogens (tertiary/aromatic N) is 1. The van der Waals surface area contributed by atoms with E-state index in [2.05, 4.69) is 18.3 Å². The van der Waals surface area contributed by atoms with Crippen LogP contribution in [0.15, 0.2) is 30.3 Å². The van der Waals surface area contributed by atoms with Gasteiger partial charge in [-0.25, -0.2) is 0 Å². The van der Waals surface area contributed by atoms with Crippen molar-refractivity contribution in [2.24, 2.45) is 0 Å². The van der Waals surface area contributed by atoms with Gasteiger partial charge in [0.1, 0.15) is 16.8 Å². The van der Waals surface area contributed by atoms with E-state index in [9.17, 15) is 10.1 Å². The van der Waals surface area contributed by atoms with E-state index < -0.39 is 0 Å². The van der Waals surface area contributed by atoms with Gasteiger partial charge >= 0.3 is 0 Å². The Balaban J connectivity index is 1.73. The topological polar surface area (TPSA) is 62.1 Å². The van der Waals surface area contributed by atoms with Crippen LogP contribution in [0.3, 0.4) is 0 Å². The van der Waals surface area contributed by atoms with Crippen LogP contribution < -0.4 is 10.1 Å². The number of hydrogen-bond donors (Lipinski definition) is 1. The average Bonchev–Trinajstić information content (AvgIpc) is 3.02. The standard InChI is InChI=1S/C21H22N2O2S/c1-2-13-25-18-9-5-3-7-15(18)11-12-20(24)23-21-17(14-22)16-8-4-6-10-19(16)26-21/h3,5,7,9,11-12H,2,4,6,8,10,13H2,1H3,(H,23,24). The molecule has 26 heavy (non-hydrogen) atoms. The van der Waals surface area contributed by atoms with Crippen LogP contribution >= 0.6 is 11.3 Å². The van der Waals surface area contributed by atoms with Crippen molar-refractivity contribution in [2.75, 3.05) is 11.9 Å². The fraction of sp³-hybridized carbons (Fsp3) is 0.333. The van der Waals surface area contributed by atoms with E-state index in [1.54, 1.807) is 6.08 Å². The van der Waals surface area contributed by atoms with Crippen molar-refractivity contribution >= 4 is 28.3 Å². The van der Waals surface area contributed by atoms with Gasteiger partial charge in [-0.15, -0.1) is 11.3 Å². The highest BCUT2D eigenvalue weighted by atomic mass is 32.1. The largest absolute Gasteiger partial charge is 0.493 e. The number of rotatable bonds is 6. The van der Waals surface area contributed by atoms with E-state index in [1.807, 2.05) is 24.3 Å². The minimum absolute atomic E-state index is 0.231. The van der Waals surface area contributed by atoms with Crippen molar-refractivity contribution in [3.63, 3.8) is 0 Å². The molecule has 1 amide bonds. The fourth-order valence-electron chi connectivity index (χ4n) is 3.05. The van der Waals surface area contributed by atoms with Crippen molar-refractivity contribution < 1.29 is 9.53 Å². The van der Waals surface area contributed by atoms with Gasteiger partial charge in [0.05, 0.1) is 12.2 Å². The number of nitriles is 1. The Labute approximate surface area is 158 Å². The molecule has 0 radical (unpaired) electrons. The molecule has 0 fully saturated rings. The Morgan fingerprint density at radius 1 is 1.35 bits per heavy atom. The van der Waals surface area contributed by atoms with E-state index in [0.29, 0.717) is 17.2 Å². The van der Waals surface area contributed by atoms with Gasteiger partial charge in [-0.05, 0) is 49.8 Å². The Morgan fingerprint density at radius 3 is 2.96 bits per heavy atom. The fourth-order valence-corrected chi connectivity index (χ4v) is 4.30. The zero-order valence-corrected chi connectivity index (χ0v) is 15.7. The van der Waals surface area contributed by atoms with Crippen LogP contribution in [-0.2, 0) is 17.6 Å². The summed E-state index contributed by atoms with van der Waals surface area (Å²) >= 11 is 1.54. The first-order valence-corrected chi connectivity index (χ1v) is 9.80. The number of hydrogen-bond acceptors (Lipinski definition) is 4. The molecule has 0 saturated carbocycles. The summed E-state index contributed by atoms with van der Waals surface area (Å²) in [7, 11) is 0. The maximum Gasteiger partial charge on any atom is 0.249 e. The summed E-state index contributed by atoms with van der Waals surface area (Å²) < 4.78 is 5.70. The monoisotopic (exact) mass is 366 g/mol. The van der Waals surface area contributed by atoms with Gasteiger partial charge in [-0.3, -0.25) is 4.79 Å². The SMILES string of the molecule is CCCOc1ccccc1C=CC(=O)Nc1sc2c(c1C#N)CCCC2. The van der Waals surface area contributed by atoms with E-state index in [4.69, 9.17) is 4.74 Å². The molecule has 0 bridgehead atoms. The highest BCUT2D eigenvalue weighted by molar-refractivity contribution is 7.16. The second-order valence-corrected chi connectivity index (χ2v) is 7.34. The first kappa shape index (κ1) is 18.2. The Hall–Kier alpha value is -2.58. The van der Waals surface area contributed by atoms with Crippen LogP contribution in [0.2, 0.25) is 0 Å². The van der Waals surface area contributed by atoms with Crippen LogP contribution in [0.4, 0.5) is 5.00 Å². The number of para-hydroxylation sites is 1. The molecule has 0 unspecified atom stereocenters. The van der Waals surface area contributed by atoms with Crippen LogP contribution in [0.1, 0.15) is 47.8 Å². The number of benzene rings is 1. The molecular formula is C21H22N2O2S. The number of thiophene rings is 1. The number of aryl methyl sites for hydroxylation is 1.